The third-order valence-corrected chi connectivity index (χ3v) is 0.939. The lowest BCUT2D eigenvalue weighted by molar-refractivity contribution is -0.466. The molecule has 0 spiro atoms. The van der Waals surface area contributed by atoms with E-state index in [4.69, 9.17) is 0 Å². The summed E-state index contributed by atoms with van der Waals surface area (Å²) >= 11 is 0. The molecule has 0 radical (unpaired) electrons. The predicted molar refractivity (Wildman–Crippen MR) is 32.3 cm³/mol. The normalized spacial score (nSPS) is 10.1. The number of carbonyl (C=O) groups is 1. The molecular weight excluding hydrogens is 182 g/mol. The van der Waals surface area contributed by atoms with Crippen LogP contribution in [0, 0.1) is 0 Å². The minimum Gasteiger partial charge on any atom is -1.00 e. The first-order valence-electron chi connectivity index (χ1n) is 2.85. The summed E-state index contributed by atoms with van der Waals surface area (Å²) < 4.78 is 0. The molecule has 0 unspecified atom stereocenters. The quantitative estimate of drug-likeness (QED) is 0.480. The van der Waals surface area contributed by atoms with Crippen LogP contribution in [0.25, 0.3) is 0 Å². The fraction of sp³-hybridized carbons (Fsp3) is 0.833. The van der Waals surface area contributed by atoms with Crippen LogP contribution in [-0.2, 0) is 4.79 Å². The fourth-order valence-electron chi connectivity index (χ4n) is 0.450. The van der Waals surface area contributed by atoms with Gasteiger partial charge in [0.1, 0.15) is 6.29 Å². The largest absolute Gasteiger partial charge is 1.00 e. The first-order valence-corrected chi connectivity index (χ1v) is 2.85. The Kier molecular flexibility index (Phi) is 6.51. The molecule has 0 amide bonds. The average Bonchev–Trinajstić information content (AvgIpc) is 1.59. The topological polar surface area (TPSA) is 44.7 Å². The van der Waals surface area contributed by atoms with Crippen molar-refractivity contribution in [3.63, 3.8) is 0 Å². The molecule has 0 aromatic heterocycles. The molecular formula is C6H14BrNO. The van der Waals surface area contributed by atoms with Gasteiger partial charge in [-0.1, -0.05) is 0 Å². The van der Waals surface area contributed by atoms with E-state index in [-0.39, 0.29) is 22.5 Å². The highest BCUT2D eigenvalue weighted by atomic mass is 79.9. The van der Waals surface area contributed by atoms with E-state index < -0.39 is 0 Å². The van der Waals surface area contributed by atoms with Gasteiger partial charge in [-0.05, 0) is 13.8 Å². The summed E-state index contributed by atoms with van der Waals surface area (Å²) in [5, 5.41) is 0. The van der Waals surface area contributed by atoms with Gasteiger partial charge in [0.25, 0.3) is 0 Å². The Morgan fingerprint density at radius 1 is 1.56 bits per heavy atom. The molecule has 0 aromatic rings. The lowest BCUT2D eigenvalue weighted by Crippen LogP contribution is -3.00. The number of hydrogen-bond acceptors (Lipinski definition) is 1. The van der Waals surface area contributed by atoms with Crippen molar-refractivity contribution >= 4 is 6.29 Å². The van der Waals surface area contributed by atoms with Crippen LogP contribution in [0.1, 0.15) is 26.7 Å². The Morgan fingerprint density at radius 2 is 2.00 bits per heavy atom. The van der Waals surface area contributed by atoms with Crippen molar-refractivity contribution < 1.29 is 27.5 Å². The number of rotatable bonds is 3. The zero-order valence-corrected chi connectivity index (χ0v) is 7.57. The van der Waals surface area contributed by atoms with Crippen molar-refractivity contribution in [1.82, 2.24) is 0 Å². The summed E-state index contributed by atoms with van der Waals surface area (Å²) in [6, 6.07) is 0. The maximum Gasteiger partial charge on any atom is 0.120 e. The molecule has 0 fully saturated rings. The van der Waals surface area contributed by atoms with Gasteiger partial charge in [-0.2, -0.15) is 0 Å². The second kappa shape index (κ2) is 4.94. The van der Waals surface area contributed by atoms with E-state index >= 15 is 0 Å². The standard InChI is InChI=1S/C6H13NO.BrH/c1-6(2,7)4-3-5-8;/h5H,3-4,7H2,1-2H3;1H. The van der Waals surface area contributed by atoms with Crippen molar-refractivity contribution in [3.05, 3.63) is 0 Å². The molecule has 0 saturated carbocycles. The molecule has 0 aromatic carbocycles. The number of hydrogen-bond donors (Lipinski definition) is 1. The molecule has 3 N–H and O–H groups in total. The van der Waals surface area contributed by atoms with Crippen LogP contribution in [0.4, 0.5) is 0 Å². The third-order valence-electron chi connectivity index (χ3n) is 0.939. The average molecular weight is 196 g/mol. The number of carbonyl (C=O) groups excluding carboxylic acids is 1. The highest BCUT2D eigenvalue weighted by molar-refractivity contribution is 5.49. The summed E-state index contributed by atoms with van der Waals surface area (Å²) in [5.41, 5.74) is 3.92. The van der Waals surface area contributed by atoms with E-state index in [2.05, 4.69) is 5.73 Å². The van der Waals surface area contributed by atoms with E-state index in [1.165, 1.54) is 0 Å². The van der Waals surface area contributed by atoms with Gasteiger partial charge in [-0.25, -0.2) is 0 Å². The van der Waals surface area contributed by atoms with Crippen molar-refractivity contribution in [2.24, 2.45) is 0 Å². The molecule has 0 atom stereocenters. The molecule has 3 heteroatoms. The second-order valence-electron chi connectivity index (χ2n) is 2.87. The number of quaternary nitrogens is 1. The molecule has 0 aliphatic rings. The summed E-state index contributed by atoms with van der Waals surface area (Å²) in [6.07, 6.45) is 2.46. The maximum absolute atomic E-state index is 9.82. The molecule has 0 heterocycles. The molecule has 0 bridgehead atoms. The van der Waals surface area contributed by atoms with E-state index in [9.17, 15) is 4.79 Å². The Hall–Kier alpha value is 0.110. The van der Waals surface area contributed by atoms with Crippen molar-refractivity contribution in [3.8, 4) is 0 Å². The Morgan fingerprint density at radius 3 is 2.11 bits per heavy atom. The van der Waals surface area contributed by atoms with Crippen LogP contribution in [-0.4, -0.2) is 11.8 Å². The lowest BCUT2D eigenvalue weighted by atomic mass is 10.0. The van der Waals surface area contributed by atoms with Gasteiger partial charge in [0.15, 0.2) is 0 Å². The zero-order chi connectivity index (χ0) is 6.62. The van der Waals surface area contributed by atoms with E-state index in [1.54, 1.807) is 0 Å². The summed E-state index contributed by atoms with van der Waals surface area (Å²) in [6.45, 7) is 4.05. The van der Waals surface area contributed by atoms with E-state index in [0.29, 0.717) is 6.42 Å². The summed E-state index contributed by atoms with van der Waals surface area (Å²) in [4.78, 5) is 9.82. The van der Waals surface area contributed by atoms with Crippen molar-refractivity contribution in [1.29, 1.82) is 0 Å². The van der Waals surface area contributed by atoms with Gasteiger partial charge in [0, 0.05) is 12.8 Å². The summed E-state index contributed by atoms with van der Waals surface area (Å²) in [7, 11) is 0. The van der Waals surface area contributed by atoms with Crippen LogP contribution >= 0.6 is 0 Å². The highest BCUT2D eigenvalue weighted by Gasteiger charge is 2.12. The van der Waals surface area contributed by atoms with Crippen molar-refractivity contribution in [2.75, 3.05) is 0 Å². The SMILES string of the molecule is CC(C)([NH3+])CCC=O.[Br-]. The van der Waals surface area contributed by atoms with E-state index in [0.717, 1.165) is 12.7 Å². The van der Waals surface area contributed by atoms with Gasteiger partial charge in [0.2, 0.25) is 0 Å². The Labute approximate surface area is 66.6 Å². The molecule has 2 nitrogen and oxygen atoms in total. The maximum atomic E-state index is 9.82. The molecule has 0 aliphatic carbocycles. The molecule has 0 aliphatic heterocycles. The zero-order valence-electron chi connectivity index (χ0n) is 5.98. The van der Waals surface area contributed by atoms with Crippen LogP contribution < -0.4 is 22.7 Å². The van der Waals surface area contributed by atoms with Crippen LogP contribution in [0.5, 0.6) is 0 Å². The Balaban J connectivity index is 0. The molecule has 9 heavy (non-hydrogen) atoms. The monoisotopic (exact) mass is 195 g/mol. The van der Waals surface area contributed by atoms with Crippen LogP contribution in [0.15, 0.2) is 0 Å². The van der Waals surface area contributed by atoms with Crippen molar-refractivity contribution in [2.45, 2.75) is 32.2 Å². The van der Waals surface area contributed by atoms with Gasteiger partial charge in [-0.3, -0.25) is 0 Å². The smallest absolute Gasteiger partial charge is 0.120 e. The minimum atomic E-state index is 0. The van der Waals surface area contributed by atoms with Gasteiger partial charge in [0.05, 0.1) is 5.54 Å². The minimum absolute atomic E-state index is 0. The first-order chi connectivity index (χ1) is 3.56. The number of halogens is 1. The van der Waals surface area contributed by atoms with Gasteiger partial charge < -0.3 is 27.5 Å². The van der Waals surface area contributed by atoms with Crippen LogP contribution in [0.3, 0.4) is 0 Å². The lowest BCUT2D eigenvalue weighted by Gasteiger charge is -2.10. The highest BCUT2D eigenvalue weighted by Crippen LogP contribution is 2.01. The van der Waals surface area contributed by atoms with Gasteiger partial charge >= 0.3 is 0 Å². The fourth-order valence-corrected chi connectivity index (χ4v) is 0.450. The molecule has 0 rings (SSSR count). The van der Waals surface area contributed by atoms with Crippen LogP contribution in [0.2, 0.25) is 0 Å². The first kappa shape index (κ1) is 11.9. The van der Waals surface area contributed by atoms with Gasteiger partial charge in [-0.15, -0.1) is 0 Å². The molecule has 0 saturated heterocycles. The molecule has 56 valence electrons. The number of aldehydes is 1. The second-order valence-corrected chi connectivity index (χ2v) is 2.87. The third kappa shape index (κ3) is 11.6. The predicted octanol–water partition coefficient (Wildman–Crippen LogP) is -3.01. The van der Waals surface area contributed by atoms with E-state index in [1.807, 2.05) is 13.8 Å². The summed E-state index contributed by atoms with van der Waals surface area (Å²) in [5.74, 6) is 0. The Bertz CT molecular complexity index is 77.6.